The smallest absolute Gasteiger partial charge is 0.311 e. The van der Waals surface area contributed by atoms with Crippen LogP contribution in [0.25, 0.3) is 16.9 Å². The first-order valence-electron chi connectivity index (χ1n) is 9.79. The summed E-state index contributed by atoms with van der Waals surface area (Å²) in [4.78, 5) is 32.9. The molecule has 0 aliphatic carbocycles. The molecule has 4 aromatic rings. The predicted octanol–water partition coefficient (Wildman–Crippen LogP) is 2.74. The number of anilines is 1. The van der Waals surface area contributed by atoms with Crippen LogP contribution in [0.3, 0.4) is 0 Å². The van der Waals surface area contributed by atoms with Crippen LogP contribution >= 0.6 is 11.3 Å². The number of fused-ring (bicyclic) bond motifs is 1. The van der Waals surface area contributed by atoms with E-state index in [9.17, 15) is 9.59 Å². The lowest BCUT2D eigenvalue weighted by Crippen LogP contribution is -2.13. The number of thiazole rings is 1. The first-order chi connectivity index (χ1) is 15.0. The number of rotatable bonds is 7. The molecule has 0 saturated heterocycles. The Morgan fingerprint density at radius 2 is 2.13 bits per heavy atom. The number of ether oxygens (including phenoxy) is 1. The molecular formula is C20H21N7O3S. The Morgan fingerprint density at radius 3 is 2.87 bits per heavy atom. The summed E-state index contributed by atoms with van der Waals surface area (Å²) in [6.45, 7) is 6.84. The van der Waals surface area contributed by atoms with Gasteiger partial charge >= 0.3 is 5.97 Å². The summed E-state index contributed by atoms with van der Waals surface area (Å²) in [7, 11) is 0. The van der Waals surface area contributed by atoms with Crippen molar-refractivity contribution in [2.24, 2.45) is 0 Å². The third kappa shape index (κ3) is 4.17. The number of hydrogen-bond acceptors (Lipinski definition) is 8. The number of aromatic nitrogens is 6. The highest BCUT2D eigenvalue weighted by Gasteiger charge is 2.18. The lowest BCUT2D eigenvalue weighted by molar-refractivity contribution is -0.142. The molecule has 0 spiro atoms. The fourth-order valence-electron chi connectivity index (χ4n) is 3.19. The Kier molecular flexibility index (Phi) is 5.76. The van der Waals surface area contributed by atoms with Crippen LogP contribution < -0.4 is 5.32 Å². The molecule has 11 heteroatoms. The highest BCUT2D eigenvalue weighted by atomic mass is 32.1. The van der Waals surface area contributed by atoms with Gasteiger partial charge in [-0.25, -0.2) is 14.5 Å². The van der Waals surface area contributed by atoms with Gasteiger partial charge in [-0.2, -0.15) is 10.2 Å². The first kappa shape index (κ1) is 20.7. The minimum absolute atomic E-state index is 0.0622. The van der Waals surface area contributed by atoms with Gasteiger partial charge in [0.2, 0.25) is 0 Å². The molecule has 4 heterocycles. The van der Waals surface area contributed by atoms with Crippen LogP contribution in [0.4, 0.5) is 5.13 Å². The van der Waals surface area contributed by atoms with E-state index < -0.39 is 5.91 Å². The van der Waals surface area contributed by atoms with Crippen molar-refractivity contribution in [3.63, 3.8) is 0 Å². The van der Waals surface area contributed by atoms with Crippen molar-refractivity contribution < 1.29 is 14.3 Å². The Balaban J connectivity index is 1.56. The van der Waals surface area contributed by atoms with Crippen LogP contribution in [-0.2, 0) is 22.5 Å². The molecule has 0 aromatic carbocycles. The number of nitrogens with zero attached hydrogens (tertiary/aromatic N) is 6. The summed E-state index contributed by atoms with van der Waals surface area (Å²) < 4.78 is 8.45. The SMILES string of the molecule is CCOC(=O)Cc1csc(NC(=O)c2cc3nccc(-c4cnn(CC)c4C)n3n2)n1. The van der Waals surface area contributed by atoms with Crippen molar-refractivity contribution in [1.29, 1.82) is 0 Å². The molecule has 0 aliphatic heterocycles. The minimum atomic E-state index is -0.408. The van der Waals surface area contributed by atoms with Crippen molar-refractivity contribution in [2.75, 3.05) is 11.9 Å². The molecule has 0 saturated carbocycles. The molecule has 1 N–H and O–H groups in total. The van der Waals surface area contributed by atoms with Gasteiger partial charge in [-0.3, -0.25) is 19.6 Å². The zero-order valence-corrected chi connectivity index (χ0v) is 18.1. The predicted molar refractivity (Wildman–Crippen MR) is 115 cm³/mol. The normalized spacial score (nSPS) is 11.1. The average molecular weight is 440 g/mol. The van der Waals surface area contributed by atoms with E-state index in [0.717, 1.165) is 23.5 Å². The summed E-state index contributed by atoms with van der Waals surface area (Å²) in [6.07, 6.45) is 3.53. The number of hydrogen-bond donors (Lipinski definition) is 1. The summed E-state index contributed by atoms with van der Waals surface area (Å²) >= 11 is 1.23. The van der Waals surface area contributed by atoms with Gasteiger partial charge in [0.25, 0.3) is 5.91 Å². The summed E-state index contributed by atoms with van der Waals surface area (Å²) in [5.41, 5.74) is 4.03. The molecule has 0 unspecified atom stereocenters. The van der Waals surface area contributed by atoms with Crippen molar-refractivity contribution in [3.05, 3.63) is 47.0 Å². The zero-order chi connectivity index (χ0) is 22.0. The van der Waals surface area contributed by atoms with E-state index >= 15 is 0 Å². The second-order valence-corrected chi connectivity index (χ2v) is 7.53. The summed E-state index contributed by atoms with van der Waals surface area (Å²) in [5, 5.41) is 13.7. The van der Waals surface area contributed by atoms with E-state index in [4.69, 9.17) is 4.74 Å². The quantitative estimate of drug-likeness (QED) is 0.440. The number of aryl methyl sites for hydroxylation is 1. The highest BCUT2D eigenvalue weighted by Crippen LogP contribution is 2.24. The van der Waals surface area contributed by atoms with E-state index in [1.165, 1.54) is 11.3 Å². The van der Waals surface area contributed by atoms with Gasteiger partial charge in [-0.15, -0.1) is 11.3 Å². The first-order valence-corrected chi connectivity index (χ1v) is 10.7. The lowest BCUT2D eigenvalue weighted by Gasteiger charge is -2.04. The molecule has 0 fully saturated rings. The van der Waals surface area contributed by atoms with Gasteiger partial charge in [0.15, 0.2) is 16.5 Å². The molecule has 0 atom stereocenters. The minimum Gasteiger partial charge on any atom is -0.466 e. The third-order valence-electron chi connectivity index (χ3n) is 4.67. The molecule has 31 heavy (non-hydrogen) atoms. The molecule has 4 rings (SSSR count). The maximum Gasteiger partial charge on any atom is 0.311 e. The van der Waals surface area contributed by atoms with Crippen molar-refractivity contribution >= 4 is 34.0 Å². The molecule has 1 amide bonds. The lowest BCUT2D eigenvalue weighted by atomic mass is 10.2. The van der Waals surface area contributed by atoms with E-state index in [1.54, 1.807) is 35.3 Å². The van der Waals surface area contributed by atoms with E-state index in [-0.39, 0.29) is 18.1 Å². The third-order valence-corrected chi connectivity index (χ3v) is 5.48. The van der Waals surface area contributed by atoms with Crippen LogP contribution in [0.1, 0.15) is 35.7 Å². The number of esters is 1. The molecule has 0 bridgehead atoms. The fraction of sp³-hybridized carbons (Fsp3) is 0.300. The molecule has 10 nitrogen and oxygen atoms in total. The van der Waals surface area contributed by atoms with Crippen molar-refractivity contribution in [1.82, 2.24) is 29.4 Å². The number of amides is 1. The zero-order valence-electron chi connectivity index (χ0n) is 17.3. The van der Waals surface area contributed by atoms with Crippen LogP contribution in [0.5, 0.6) is 0 Å². The number of carbonyl (C=O) groups is 2. The maximum atomic E-state index is 12.7. The molecular weight excluding hydrogens is 418 g/mol. The van der Waals surface area contributed by atoms with Crippen LogP contribution in [0.2, 0.25) is 0 Å². The second kappa shape index (κ2) is 8.64. The van der Waals surface area contributed by atoms with Gasteiger partial charge in [-0.1, -0.05) is 0 Å². The average Bonchev–Trinajstić information content (AvgIpc) is 3.46. The van der Waals surface area contributed by atoms with Gasteiger partial charge in [0.1, 0.15) is 0 Å². The Labute approximate surface area is 181 Å². The van der Waals surface area contributed by atoms with Crippen molar-refractivity contribution in [2.45, 2.75) is 33.7 Å². The molecule has 160 valence electrons. The summed E-state index contributed by atoms with van der Waals surface area (Å²) in [6, 6.07) is 3.46. The number of nitrogens with one attached hydrogen (secondary N) is 1. The van der Waals surface area contributed by atoms with Crippen LogP contribution in [0, 0.1) is 6.92 Å². The van der Waals surface area contributed by atoms with Crippen LogP contribution in [-0.4, -0.2) is 47.8 Å². The fourth-order valence-corrected chi connectivity index (χ4v) is 3.90. The standard InChI is InChI=1S/C20H21N7O3S/c1-4-26-12(3)14(10-22-26)16-6-7-21-17-9-15(25-27(16)17)19(29)24-20-23-13(11-31-20)8-18(28)30-5-2/h6-7,9-11H,4-5,8H2,1-3H3,(H,23,24,29). The van der Waals surface area contributed by atoms with Crippen LogP contribution in [0.15, 0.2) is 29.9 Å². The molecule has 4 aromatic heterocycles. The monoisotopic (exact) mass is 439 g/mol. The van der Waals surface area contributed by atoms with Gasteiger partial charge in [0, 0.05) is 35.4 Å². The Morgan fingerprint density at radius 1 is 1.29 bits per heavy atom. The maximum absolute atomic E-state index is 12.7. The largest absolute Gasteiger partial charge is 0.466 e. The molecule has 0 radical (unpaired) electrons. The Bertz CT molecular complexity index is 1260. The topological polar surface area (TPSA) is 116 Å². The van der Waals surface area contributed by atoms with E-state index in [0.29, 0.717) is 23.1 Å². The number of carbonyl (C=O) groups excluding carboxylic acids is 2. The summed E-state index contributed by atoms with van der Waals surface area (Å²) in [5.74, 6) is -0.763. The van der Waals surface area contributed by atoms with Gasteiger partial charge in [-0.05, 0) is 26.8 Å². The van der Waals surface area contributed by atoms with E-state index in [2.05, 4.69) is 25.5 Å². The highest BCUT2D eigenvalue weighted by molar-refractivity contribution is 7.14. The van der Waals surface area contributed by atoms with E-state index in [1.807, 2.05) is 24.6 Å². The van der Waals surface area contributed by atoms with Crippen molar-refractivity contribution in [3.8, 4) is 11.3 Å². The molecule has 0 aliphatic rings. The second-order valence-electron chi connectivity index (χ2n) is 6.67. The Hall–Kier alpha value is -3.60. The van der Waals surface area contributed by atoms with Gasteiger partial charge < -0.3 is 4.74 Å². The van der Waals surface area contributed by atoms with Gasteiger partial charge in [0.05, 0.1) is 30.6 Å².